The monoisotopic (exact) mass is 232 g/mol. The minimum atomic E-state index is -0.307. The van der Waals surface area contributed by atoms with Gasteiger partial charge in [0, 0.05) is 25.9 Å². The fraction of sp³-hybridized carbons (Fsp3) is 0.800. The molecule has 1 rings (SSSR count). The van der Waals surface area contributed by atoms with E-state index in [1.807, 2.05) is 0 Å². The van der Waals surface area contributed by atoms with Crippen LogP contribution in [0.3, 0.4) is 0 Å². The molecule has 1 aliphatic rings. The molecule has 15 heavy (non-hydrogen) atoms. The predicted octanol–water partition coefficient (Wildman–Crippen LogP) is 0.742. The lowest BCUT2D eigenvalue weighted by molar-refractivity contribution is -0.131. The lowest BCUT2D eigenvalue weighted by Gasteiger charge is -2.11. The maximum atomic E-state index is 11.5. The van der Waals surface area contributed by atoms with E-state index in [9.17, 15) is 9.59 Å². The van der Waals surface area contributed by atoms with Crippen LogP contribution in [0, 0.1) is 0 Å². The van der Waals surface area contributed by atoms with Crippen molar-refractivity contribution < 1.29 is 9.59 Å². The van der Waals surface area contributed by atoms with Crippen LogP contribution >= 0.6 is 11.6 Å². The summed E-state index contributed by atoms with van der Waals surface area (Å²) in [5, 5.41) is 2.74. The van der Waals surface area contributed by atoms with E-state index < -0.39 is 0 Å². The summed E-state index contributed by atoms with van der Waals surface area (Å²) >= 11 is 5.51. The quantitative estimate of drug-likeness (QED) is 0.562. The molecule has 5 heteroatoms. The third-order valence-electron chi connectivity index (χ3n) is 2.55. The number of unbranched alkanes of at least 4 members (excludes halogenated alkanes) is 1. The molecule has 4 nitrogen and oxygen atoms in total. The Hall–Kier alpha value is -0.770. The number of likely N-dealkylation sites (tertiary alicyclic amines) is 1. The summed E-state index contributed by atoms with van der Waals surface area (Å²) in [4.78, 5) is 24.5. The number of hydrogen-bond acceptors (Lipinski definition) is 2. The molecule has 1 fully saturated rings. The van der Waals surface area contributed by atoms with Gasteiger partial charge in [0.15, 0.2) is 0 Å². The summed E-state index contributed by atoms with van der Waals surface area (Å²) in [6.45, 7) is 0.728. The van der Waals surface area contributed by atoms with Crippen molar-refractivity contribution in [2.45, 2.75) is 31.7 Å². The van der Waals surface area contributed by atoms with Crippen LogP contribution < -0.4 is 5.32 Å². The second-order valence-corrected chi connectivity index (χ2v) is 4.19. The highest BCUT2D eigenvalue weighted by molar-refractivity contribution is 6.17. The zero-order valence-electron chi connectivity index (χ0n) is 8.96. The summed E-state index contributed by atoms with van der Waals surface area (Å²) in [5.41, 5.74) is 0. The molecule has 1 aliphatic heterocycles. The van der Waals surface area contributed by atoms with Gasteiger partial charge in [-0.25, -0.2) is 0 Å². The van der Waals surface area contributed by atoms with E-state index in [-0.39, 0.29) is 17.9 Å². The van der Waals surface area contributed by atoms with Crippen LogP contribution in [0.2, 0.25) is 0 Å². The zero-order chi connectivity index (χ0) is 11.3. The van der Waals surface area contributed by atoms with E-state index in [1.54, 1.807) is 11.9 Å². The van der Waals surface area contributed by atoms with E-state index in [1.165, 1.54) is 0 Å². The Labute approximate surface area is 95.0 Å². The number of alkyl halides is 1. The van der Waals surface area contributed by atoms with Gasteiger partial charge >= 0.3 is 0 Å². The van der Waals surface area contributed by atoms with Gasteiger partial charge in [-0.1, -0.05) is 0 Å². The highest BCUT2D eigenvalue weighted by Crippen LogP contribution is 2.09. The first-order valence-electron chi connectivity index (χ1n) is 5.25. The molecule has 2 amide bonds. The van der Waals surface area contributed by atoms with Crippen molar-refractivity contribution in [3.05, 3.63) is 0 Å². The fourth-order valence-electron chi connectivity index (χ4n) is 1.60. The predicted molar refractivity (Wildman–Crippen MR) is 58.8 cm³/mol. The Morgan fingerprint density at radius 2 is 2.33 bits per heavy atom. The van der Waals surface area contributed by atoms with Crippen LogP contribution in [0.4, 0.5) is 0 Å². The van der Waals surface area contributed by atoms with Crippen molar-refractivity contribution in [1.29, 1.82) is 0 Å². The molecule has 0 aliphatic carbocycles. The second-order valence-electron chi connectivity index (χ2n) is 3.81. The molecule has 1 unspecified atom stereocenters. The normalized spacial score (nSPS) is 20.8. The maximum absolute atomic E-state index is 11.5. The summed E-state index contributed by atoms with van der Waals surface area (Å²) in [5.74, 6) is 0.549. The fourth-order valence-corrected chi connectivity index (χ4v) is 1.79. The van der Waals surface area contributed by atoms with Crippen LogP contribution in [-0.4, -0.2) is 42.2 Å². The molecule has 0 aromatic carbocycles. The number of halogens is 1. The molecular weight excluding hydrogens is 216 g/mol. The Bertz CT molecular complexity index is 246. The van der Waals surface area contributed by atoms with E-state index in [0.29, 0.717) is 12.3 Å². The van der Waals surface area contributed by atoms with Crippen molar-refractivity contribution in [3.63, 3.8) is 0 Å². The minimum Gasteiger partial charge on any atom is -0.344 e. The molecule has 0 bridgehead atoms. The Kier molecular flexibility index (Phi) is 4.88. The number of hydrogen-bond donors (Lipinski definition) is 1. The Morgan fingerprint density at radius 3 is 2.87 bits per heavy atom. The Balaban J connectivity index is 2.23. The van der Waals surface area contributed by atoms with Gasteiger partial charge in [-0.15, -0.1) is 11.6 Å². The van der Waals surface area contributed by atoms with E-state index in [2.05, 4.69) is 5.32 Å². The Morgan fingerprint density at radius 1 is 1.60 bits per heavy atom. The lowest BCUT2D eigenvalue weighted by Crippen LogP contribution is -2.40. The van der Waals surface area contributed by atoms with Crippen molar-refractivity contribution >= 4 is 23.4 Å². The molecule has 0 spiro atoms. The number of nitrogens with one attached hydrogen (secondary N) is 1. The molecule has 86 valence electrons. The molecule has 0 aromatic rings. The van der Waals surface area contributed by atoms with Crippen LogP contribution in [0.5, 0.6) is 0 Å². The highest BCUT2D eigenvalue weighted by Gasteiger charge is 2.29. The highest BCUT2D eigenvalue weighted by atomic mass is 35.5. The topological polar surface area (TPSA) is 49.4 Å². The van der Waals surface area contributed by atoms with E-state index in [0.717, 1.165) is 25.8 Å². The van der Waals surface area contributed by atoms with Gasteiger partial charge in [-0.05, 0) is 19.3 Å². The molecule has 0 radical (unpaired) electrons. The van der Waals surface area contributed by atoms with Gasteiger partial charge in [0.2, 0.25) is 11.8 Å². The number of carbonyl (C=O) groups excluding carboxylic acids is 2. The smallest absolute Gasteiger partial charge is 0.244 e. The number of carbonyl (C=O) groups is 2. The molecule has 0 aromatic heterocycles. The van der Waals surface area contributed by atoms with Gasteiger partial charge in [0.05, 0.1) is 0 Å². The molecule has 1 heterocycles. The van der Waals surface area contributed by atoms with Gasteiger partial charge in [-0.3, -0.25) is 9.59 Å². The standard InChI is InChI=1S/C10H17ClN2O2/c1-13-7-5-8(10(13)15)12-9(14)4-2-3-6-11/h8H,2-7H2,1H3,(H,12,14). The third kappa shape index (κ3) is 3.70. The van der Waals surface area contributed by atoms with Crippen LogP contribution in [-0.2, 0) is 9.59 Å². The first kappa shape index (κ1) is 12.3. The van der Waals surface area contributed by atoms with Crippen molar-refractivity contribution in [1.82, 2.24) is 10.2 Å². The lowest BCUT2D eigenvalue weighted by atomic mass is 10.2. The van der Waals surface area contributed by atoms with Crippen molar-refractivity contribution in [3.8, 4) is 0 Å². The largest absolute Gasteiger partial charge is 0.344 e. The minimum absolute atomic E-state index is 0.0145. The molecule has 0 saturated carbocycles. The van der Waals surface area contributed by atoms with Gasteiger partial charge in [-0.2, -0.15) is 0 Å². The van der Waals surface area contributed by atoms with Gasteiger partial charge in [0.1, 0.15) is 6.04 Å². The van der Waals surface area contributed by atoms with Crippen LogP contribution in [0.15, 0.2) is 0 Å². The second kappa shape index (κ2) is 5.95. The van der Waals surface area contributed by atoms with E-state index in [4.69, 9.17) is 11.6 Å². The number of nitrogens with zero attached hydrogens (tertiary/aromatic N) is 1. The third-order valence-corrected chi connectivity index (χ3v) is 2.82. The number of likely N-dealkylation sites (N-methyl/N-ethyl adjacent to an activating group) is 1. The van der Waals surface area contributed by atoms with E-state index >= 15 is 0 Å². The van der Waals surface area contributed by atoms with Crippen molar-refractivity contribution in [2.75, 3.05) is 19.5 Å². The number of rotatable bonds is 5. The average Bonchev–Trinajstić information content (AvgIpc) is 2.50. The summed E-state index contributed by atoms with van der Waals surface area (Å²) < 4.78 is 0. The average molecular weight is 233 g/mol. The molecule has 1 saturated heterocycles. The summed E-state index contributed by atoms with van der Waals surface area (Å²) in [7, 11) is 1.75. The first-order chi connectivity index (χ1) is 7.15. The first-order valence-corrected chi connectivity index (χ1v) is 5.79. The zero-order valence-corrected chi connectivity index (χ0v) is 9.72. The summed E-state index contributed by atoms with van der Waals surface area (Å²) in [6, 6.07) is -0.307. The molecule has 1 atom stereocenters. The van der Waals surface area contributed by atoms with Crippen molar-refractivity contribution in [2.24, 2.45) is 0 Å². The van der Waals surface area contributed by atoms with Gasteiger partial charge < -0.3 is 10.2 Å². The van der Waals surface area contributed by atoms with Crippen LogP contribution in [0.1, 0.15) is 25.7 Å². The molecule has 1 N–H and O–H groups in total. The molecular formula is C10H17ClN2O2. The number of amides is 2. The summed E-state index contributed by atoms with van der Waals surface area (Å²) in [6.07, 6.45) is 2.80. The van der Waals surface area contributed by atoms with Crippen LogP contribution in [0.25, 0.3) is 0 Å². The maximum Gasteiger partial charge on any atom is 0.244 e. The van der Waals surface area contributed by atoms with Gasteiger partial charge in [0.25, 0.3) is 0 Å². The SMILES string of the molecule is CN1CCC(NC(=O)CCCCCl)C1=O.